The molecule has 258 valence electrons. The lowest BCUT2D eigenvalue weighted by molar-refractivity contribution is 0.0786. The topological polar surface area (TPSA) is 127 Å². The Kier molecular flexibility index (Phi) is 12.5. The van der Waals surface area contributed by atoms with Gasteiger partial charge in [0.2, 0.25) is 5.82 Å². The lowest BCUT2D eigenvalue weighted by atomic mass is 10.0. The number of hydrogen-bond donors (Lipinski definition) is 2. The van der Waals surface area contributed by atoms with E-state index in [9.17, 15) is 14.7 Å². The highest BCUT2D eigenvalue weighted by atomic mass is 79.9. The summed E-state index contributed by atoms with van der Waals surface area (Å²) in [4.78, 5) is 33.4. The number of carboxylic acid groups (broad SMARTS) is 1. The Morgan fingerprint density at radius 3 is 2.26 bits per heavy atom. The minimum Gasteiger partial charge on any atom is -0.465 e. The largest absolute Gasteiger partial charge is 0.465 e. The number of rotatable bonds is 15. The van der Waals surface area contributed by atoms with E-state index in [0.29, 0.717) is 56.2 Å². The summed E-state index contributed by atoms with van der Waals surface area (Å²) >= 11 is 3.43. The second-order valence-electron chi connectivity index (χ2n) is 14.6. The summed E-state index contributed by atoms with van der Waals surface area (Å²) < 4.78 is 15.9. The second-order valence-corrected chi connectivity index (χ2v) is 26.7. The molecule has 47 heavy (non-hydrogen) atoms. The van der Waals surface area contributed by atoms with Gasteiger partial charge in [-0.05, 0) is 58.6 Å². The molecule has 0 bridgehead atoms. The van der Waals surface area contributed by atoms with Crippen molar-refractivity contribution < 1.29 is 24.2 Å². The number of ether oxygens (including phenoxy) is 2. The molecule has 2 amide bonds. The maximum atomic E-state index is 13.8. The van der Waals surface area contributed by atoms with Gasteiger partial charge in [0.1, 0.15) is 18.1 Å². The number of halogens is 1. The number of carbonyl (C=O) groups excluding carboxylic acids is 1. The second kappa shape index (κ2) is 15.9. The van der Waals surface area contributed by atoms with E-state index in [1.54, 1.807) is 28.7 Å². The Hall–Kier alpha value is -2.99. The molecule has 0 radical (unpaired) electrons. The van der Waals surface area contributed by atoms with E-state index in [1.165, 1.54) is 4.90 Å². The molecule has 12 nitrogen and oxygen atoms in total. The molecule has 2 aromatic heterocycles. The van der Waals surface area contributed by atoms with Gasteiger partial charge in [0.25, 0.3) is 5.91 Å². The van der Waals surface area contributed by atoms with E-state index >= 15 is 0 Å². The van der Waals surface area contributed by atoms with Crippen LogP contribution in [-0.4, -0.2) is 96.9 Å². The van der Waals surface area contributed by atoms with Crippen LogP contribution in [0.25, 0.3) is 11.1 Å². The highest BCUT2D eigenvalue weighted by molar-refractivity contribution is 9.10. The SMILES string of the molecule is CN(C(=O)O)C1CCN(c2ccc(-c3cnn(COCC[Si](C)(C)C)c3)cc2NC(=O)c2nc(Br)cn2COCC[Si](C)(C)C)CC1. The molecule has 0 aliphatic carbocycles. The Morgan fingerprint density at radius 2 is 1.64 bits per heavy atom. The van der Waals surface area contributed by atoms with Crippen molar-refractivity contribution in [2.75, 3.05) is 43.6 Å². The Balaban J connectivity index is 1.54. The third kappa shape index (κ3) is 11.0. The summed E-state index contributed by atoms with van der Waals surface area (Å²) in [5.74, 6) is -0.110. The van der Waals surface area contributed by atoms with Crippen LogP contribution in [0.15, 0.2) is 41.4 Å². The van der Waals surface area contributed by atoms with Crippen LogP contribution in [0, 0.1) is 0 Å². The van der Waals surface area contributed by atoms with Crippen molar-refractivity contribution in [3.05, 3.63) is 47.2 Å². The Bertz CT molecular complexity index is 1510. The molecule has 0 spiro atoms. The third-order valence-electron chi connectivity index (χ3n) is 8.26. The van der Waals surface area contributed by atoms with Gasteiger partial charge in [0, 0.05) is 73.5 Å². The number of piperidine rings is 1. The van der Waals surface area contributed by atoms with E-state index in [4.69, 9.17) is 9.47 Å². The highest BCUT2D eigenvalue weighted by Crippen LogP contribution is 2.34. The average molecular weight is 749 g/mol. The van der Waals surface area contributed by atoms with Gasteiger partial charge >= 0.3 is 6.09 Å². The van der Waals surface area contributed by atoms with E-state index in [2.05, 4.69) is 75.5 Å². The fraction of sp³-hybridized carbons (Fsp3) is 0.562. The van der Waals surface area contributed by atoms with Gasteiger partial charge in [0.05, 0.1) is 17.6 Å². The molecule has 0 saturated carbocycles. The van der Waals surface area contributed by atoms with Crippen LogP contribution < -0.4 is 10.2 Å². The number of carbonyl (C=O) groups is 2. The number of nitrogens with one attached hydrogen (secondary N) is 1. The van der Waals surface area contributed by atoms with Gasteiger partial charge in [-0.15, -0.1) is 0 Å². The first-order valence-electron chi connectivity index (χ1n) is 16.2. The van der Waals surface area contributed by atoms with Gasteiger partial charge in [-0.3, -0.25) is 4.79 Å². The van der Waals surface area contributed by atoms with Crippen molar-refractivity contribution in [1.82, 2.24) is 24.2 Å². The van der Waals surface area contributed by atoms with Crippen LogP contribution in [-0.2, 0) is 22.9 Å². The number of benzene rings is 1. The maximum absolute atomic E-state index is 13.8. The number of anilines is 2. The normalized spacial score (nSPS) is 14.4. The first-order chi connectivity index (χ1) is 22.1. The van der Waals surface area contributed by atoms with E-state index < -0.39 is 22.2 Å². The predicted molar refractivity (Wildman–Crippen MR) is 195 cm³/mol. The first-order valence-corrected chi connectivity index (χ1v) is 24.4. The van der Waals surface area contributed by atoms with Crippen LogP contribution in [0.2, 0.25) is 51.4 Å². The number of aromatic nitrogens is 4. The monoisotopic (exact) mass is 747 g/mol. The minimum absolute atomic E-state index is 0.0503. The zero-order chi connectivity index (χ0) is 34.4. The predicted octanol–water partition coefficient (Wildman–Crippen LogP) is 6.96. The molecule has 3 aromatic rings. The maximum Gasteiger partial charge on any atom is 0.407 e. The number of nitrogens with zero attached hydrogens (tertiary/aromatic N) is 6. The van der Waals surface area contributed by atoms with Crippen LogP contribution in [0.5, 0.6) is 0 Å². The van der Waals surface area contributed by atoms with Crippen molar-refractivity contribution in [2.24, 2.45) is 0 Å². The quantitative estimate of drug-likeness (QED) is 0.126. The van der Waals surface area contributed by atoms with Crippen LogP contribution in [0.1, 0.15) is 23.5 Å². The van der Waals surface area contributed by atoms with Gasteiger partial charge in [0.15, 0.2) is 0 Å². The van der Waals surface area contributed by atoms with Gasteiger partial charge in [-0.2, -0.15) is 5.10 Å². The lowest BCUT2D eigenvalue weighted by Gasteiger charge is -2.37. The lowest BCUT2D eigenvalue weighted by Crippen LogP contribution is -2.45. The summed E-state index contributed by atoms with van der Waals surface area (Å²) in [6.45, 7) is 17.1. The molecule has 1 aliphatic rings. The van der Waals surface area contributed by atoms with E-state index in [-0.39, 0.29) is 24.5 Å². The fourth-order valence-corrected chi connectivity index (χ4v) is 7.17. The first kappa shape index (κ1) is 36.8. The molecule has 1 aliphatic heterocycles. The Labute approximate surface area is 288 Å². The third-order valence-corrected chi connectivity index (χ3v) is 12.1. The number of amides is 2. The zero-order valence-electron chi connectivity index (χ0n) is 28.8. The summed E-state index contributed by atoms with van der Waals surface area (Å²) in [5.41, 5.74) is 3.31. The average Bonchev–Trinajstić information content (AvgIpc) is 3.63. The van der Waals surface area contributed by atoms with Gasteiger partial charge < -0.3 is 34.3 Å². The Morgan fingerprint density at radius 1 is 1.00 bits per heavy atom. The van der Waals surface area contributed by atoms with Crippen molar-refractivity contribution in [3.8, 4) is 11.1 Å². The minimum atomic E-state index is -1.25. The molecular formula is C32H50BrN7O5Si2. The van der Waals surface area contributed by atoms with Gasteiger partial charge in [-0.25, -0.2) is 14.5 Å². The van der Waals surface area contributed by atoms with Crippen molar-refractivity contribution in [3.63, 3.8) is 0 Å². The number of hydrogen-bond acceptors (Lipinski definition) is 7. The van der Waals surface area contributed by atoms with E-state index in [1.807, 2.05) is 24.4 Å². The van der Waals surface area contributed by atoms with E-state index in [0.717, 1.165) is 28.9 Å². The van der Waals surface area contributed by atoms with Crippen LogP contribution in [0.4, 0.5) is 16.2 Å². The van der Waals surface area contributed by atoms with Crippen molar-refractivity contribution >= 4 is 55.5 Å². The molecule has 0 atom stereocenters. The molecular weight excluding hydrogens is 698 g/mol. The zero-order valence-corrected chi connectivity index (χ0v) is 32.3. The summed E-state index contributed by atoms with van der Waals surface area (Å²) in [7, 11) is -0.805. The molecule has 15 heteroatoms. The molecule has 0 unspecified atom stereocenters. The molecule has 4 rings (SSSR count). The summed E-state index contributed by atoms with van der Waals surface area (Å²) in [6.07, 6.45) is 5.96. The molecule has 1 saturated heterocycles. The smallest absolute Gasteiger partial charge is 0.407 e. The van der Waals surface area contributed by atoms with Crippen LogP contribution in [0.3, 0.4) is 0 Å². The molecule has 3 heterocycles. The fourth-order valence-electron chi connectivity index (χ4n) is 5.24. The standard InChI is InChI=1S/C32H50BrN7O5Si2/c1-37(32(42)43)26-10-12-38(13-11-26)28-9-8-24(25-19-34-40(20-25)23-45-15-17-47(5,6)7)18-27(28)35-31(41)30-36-29(33)21-39(30)22-44-14-16-46(2,3)4/h8-9,18-21,26H,10-17,22-23H2,1-7H3,(H,35,41)(H,42,43). The summed E-state index contributed by atoms with van der Waals surface area (Å²) in [5, 5.41) is 17.1. The molecule has 1 aromatic carbocycles. The van der Waals surface area contributed by atoms with Crippen molar-refractivity contribution in [2.45, 2.75) is 83.7 Å². The summed E-state index contributed by atoms with van der Waals surface area (Å²) in [6, 6.07) is 8.07. The van der Waals surface area contributed by atoms with Gasteiger partial charge in [-0.1, -0.05) is 45.3 Å². The molecule has 2 N–H and O–H groups in total. The van der Waals surface area contributed by atoms with Crippen molar-refractivity contribution in [1.29, 1.82) is 0 Å². The highest BCUT2D eigenvalue weighted by Gasteiger charge is 2.27. The molecule has 1 fully saturated rings. The van der Waals surface area contributed by atoms with Crippen LogP contribution >= 0.6 is 15.9 Å². The number of imidazole rings is 1.